The summed E-state index contributed by atoms with van der Waals surface area (Å²) in [4.78, 5) is 11.3. The Kier molecular flexibility index (Phi) is 5.11. The molecule has 0 amide bonds. The van der Waals surface area contributed by atoms with Gasteiger partial charge in [-0.2, -0.15) is 4.31 Å². The van der Waals surface area contributed by atoms with Crippen molar-refractivity contribution in [1.82, 2.24) is 4.31 Å². The van der Waals surface area contributed by atoms with Crippen molar-refractivity contribution in [1.29, 1.82) is 0 Å². The molecular formula is C9H12BrNO4S2. The first-order valence-corrected chi connectivity index (χ1v) is 8.01. The molecule has 0 bridgehead atoms. The van der Waals surface area contributed by atoms with Crippen LogP contribution in [0.2, 0.25) is 0 Å². The van der Waals surface area contributed by atoms with Crippen LogP contribution in [0.1, 0.15) is 11.8 Å². The lowest BCUT2D eigenvalue weighted by molar-refractivity contribution is -0.134. The van der Waals surface area contributed by atoms with Gasteiger partial charge in [0, 0.05) is 18.0 Å². The zero-order valence-corrected chi connectivity index (χ0v) is 12.3. The smallest absolute Gasteiger partial charge is 0.320 e. The van der Waals surface area contributed by atoms with Gasteiger partial charge in [0.1, 0.15) is 0 Å². The van der Waals surface area contributed by atoms with Crippen LogP contribution in [0.4, 0.5) is 0 Å². The van der Waals surface area contributed by atoms with Gasteiger partial charge >= 0.3 is 5.97 Å². The molecule has 1 N–H and O–H groups in total. The van der Waals surface area contributed by atoms with Gasteiger partial charge in [-0.25, -0.2) is 8.42 Å². The Morgan fingerprint density at radius 2 is 2.18 bits per heavy atom. The van der Waals surface area contributed by atoms with Crippen LogP contribution in [0.3, 0.4) is 0 Å². The first-order valence-electron chi connectivity index (χ1n) is 4.79. The van der Waals surface area contributed by atoms with E-state index < -0.39 is 21.7 Å². The minimum atomic E-state index is -3.74. The number of thiophene rings is 1. The molecule has 0 saturated heterocycles. The number of carboxylic acid groups (broad SMARTS) is 1. The van der Waals surface area contributed by atoms with E-state index in [1.54, 1.807) is 6.92 Å². The fourth-order valence-corrected chi connectivity index (χ4v) is 4.07. The lowest BCUT2D eigenvalue weighted by atomic mass is 10.4. The van der Waals surface area contributed by atoms with E-state index in [-0.39, 0.29) is 13.1 Å². The highest BCUT2D eigenvalue weighted by molar-refractivity contribution is 9.11. The molecule has 0 saturated carbocycles. The standard InChI is InChI=1S/C9H12BrNO4S2/c1-2-11(17(14,15)6-9(12)13)5-7-3-4-8(10)16-7/h3-4H,2,5-6H2,1H3,(H,12,13). The van der Waals surface area contributed by atoms with Gasteiger partial charge in [-0.1, -0.05) is 6.92 Å². The Bertz CT molecular complexity index is 497. The first kappa shape index (κ1) is 14.6. The molecule has 0 aliphatic carbocycles. The zero-order valence-electron chi connectivity index (χ0n) is 9.09. The highest BCUT2D eigenvalue weighted by Crippen LogP contribution is 2.24. The summed E-state index contributed by atoms with van der Waals surface area (Å²) in [5, 5.41) is 8.55. The molecule has 1 rings (SSSR count). The third-order valence-electron chi connectivity index (χ3n) is 2.01. The lowest BCUT2D eigenvalue weighted by Gasteiger charge is -2.18. The Hall–Kier alpha value is -0.440. The SMILES string of the molecule is CCN(Cc1ccc(Br)s1)S(=O)(=O)CC(=O)O. The Balaban J connectivity index is 2.81. The fourth-order valence-electron chi connectivity index (χ4n) is 1.26. The normalized spacial score (nSPS) is 11.9. The second kappa shape index (κ2) is 5.94. The Morgan fingerprint density at radius 1 is 1.53 bits per heavy atom. The number of rotatable bonds is 6. The van der Waals surface area contributed by atoms with Crippen molar-refractivity contribution >= 4 is 43.3 Å². The summed E-state index contributed by atoms with van der Waals surface area (Å²) in [5.74, 6) is -2.20. The van der Waals surface area contributed by atoms with Crippen molar-refractivity contribution in [2.45, 2.75) is 13.5 Å². The van der Waals surface area contributed by atoms with Gasteiger partial charge in [0.05, 0.1) is 3.79 Å². The monoisotopic (exact) mass is 341 g/mol. The van der Waals surface area contributed by atoms with Gasteiger partial charge in [-0.3, -0.25) is 4.79 Å². The van der Waals surface area contributed by atoms with Crippen LogP contribution in [0, 0.1) is 0 Å². The predicted octanol–water partition coefficient (Wildman–Crippen LogP) is 1.75. The summed E-state index contributed by atoms with van der Waals surface area (Å²) < 4.78 is 25.5. The van der Waals surface area contributed by atoms with Crippen LogP contribution in [-0.2, 0) is 21.4 Å². The maximum Gasteiger partial charge on any atom is 0.320 e. The maximum atomic E-state index is 11.7. The average molecular weight is 342 g/mol. The van der Waals surface area contributed by atoms with Crippen molar-refractivity contribution in [3.63, 3.8) is 0 Å². The number of nitrogens with zero attached hydrogens (tertiary/aromatic N) is 1. The summed E-state index contributed by atoms with van der Waals surface area (Å²) in [6.07, 6.45) is 0. The van der Waals surface area contributed by atoms with Crippen LogP contribution in [0.15, 0.2) is 15.9 Å². The molecule has 0 atom stereocenters. The molecule has 0 unspecified atom stereocenters. The van der Waals surface area contributed by atoms with Crippen LogP contribution in [0.5, 0.6) is 0 Å². The van der Waals surface area contributed by atoms with Crippen molar-refractivity contribution in [2.24, 2.45) is 0 Å². The first-order chi connectivity index (χ1) is 7.85. The van der Waals surface area contributed by atoms with Gasteiger partial charge < -0.3 is 5.11 Å². The predicted molar refractivity (Wildman–Crippen MR) is 69.5 cm³/mol. The molecule has 0 aliphatic rings. The summed E-state index contributed by atoms with van der Waals surface area (Å²) in [7, 11) is -3.74. The van der Waals surface area contributed by atoms with E-state index in [1.807, 2.05) is 12.1 Å². The Labute approximate surface area is 112 Å². The summed E-state index contributed by atoms with van der Waals surface area (Å²) in [6.45, 7) is 2.15. The van der Waals surface area contributed by atoms with Crippen LogP contribution < -0.4 is 0 Å². The van der Waals surface area contributed by atoms with E-state index >= 15 is 0 Å². The molecule has 0 aliphatic heterocycles. The molecule has 8 heteroatoms. The second-order valence-electron chi connectivity index (χ2n) is 3.28. The molecule has 0 spiro atoms. The van der Waals surface area contributed by atoms with Gasteiger partial charge in [-0.05, 0) is 28.1 Å². The highest BCUT2D eigenvalue weighted by atomic mass is 79.9. The average Bonchev–Trinajstić information content (AvgIpc) is 2.58. The number of halogens is 1. The van der Waals surface area contributed by atoms with Crippen molar-refractivity contribution in [2.75, 3.05) is 12.3 Å². The van der Waals surface area contributed by atoms with Gasteiger partial charge in [0.2, 0.25) is 10.0 Å². The molecular weight excluding hydrogens is 330 g/mol. The lowest BCUT2D eigenvalue weighted by Crippen LogP contribution is -2.34. The molecule has 17 heavy (non-hydrogen) atoms. The van der Waals surface area contributed by atoms with E-state index in [0.29, 0.717) is 0 Å². The van der Waals surface area contributed by atoms with E-state index in [4.69, 9.17) is 5.11 Å². The zero-order chi connectivity index (χ0) is 13.1. The molecule has 0 radical (unpaired) electrons. The summed E-state index contributed by atoms with van der Waals surface area (Å²) >= 11 is 4.72. The molecule has 1 aromatic heterocycles. The Morgan fingerprint density at radius 3 is 2.59 bits per heavy atom. The van der Waals surface area contributed by atoms with Gasteiger partial charge in [-0.15, -0.1) is 11.3 Å². The van der Waals surface area contributed by atoms with Crippen LogP contribution in [-0.4, -0.2) is 36.1 Å². The van der Waals surface area contributed by atoms with Crippen LogP contribution >= 0.6 is 27.3 Å². The fraction of sp³-hybridized carbons (Fsp3) is 0.444. The summed E-state index contributed by atoms with van der Waals surface area (Å²) in [6, 6.07) is 3.64. The number of carboxylic acids is 1. The molecule has 1 heterocycles. The molecule has 0 aromatic carbocycles. The van der Waals surface area contributed by atoms with E-state index in [2.05, 4.69) is 15.9 Å². The van der Waals surface area contributed by atoms with Gasteiger partial charge in [0.15, 0.2) is 5.75 Å². The van der Waals surface area contributed by atoms with E-state index in [1.165, 1.54) is 15.6 Å². The quantitative estimate of drug-likeness (QED) is 0.855. The molecule has 1 aromatic rings. The van der Waals surface area contributed by atoms with Crippen LogP contribution in [0.25, 0.3) is 0 Å². The van der Waals surface area contributed by atoms with E-state index in [0.717, 1.165) is 8.66 Å². The minimum Gasteiger partial charge on any atom is -0.480 e. The third kappa shape index (κ3) is 4.38. The second-order valence-corrected chi connectivity index (χ2v) is 7.80. The van der Waals surface area contributed by atoms with Gasteiger partial charge in [0.25, 0.3) is 0 Å². The van der Waals surface area contributed by atoms with Crippen molar-refractivity contribution in [3.05, 3.63) is 20.8 Å². The summed E-state index contributed by atoms with van der Waals surface area (Å²) in [5.41, 5.74) is 0. The largest absolute Gasteiger partial charge is 0.480 e. The highest BCUT2D eigenvalue weighted by Gasteiger charge is 2.24. The molecule has 0 fully saturated rings. The molecule has 5 nitrogen and oxygen atoms in total. The topological polar surface area (TPSA) is 74.7 Å². The minimum absolute atomic E-state index is 0.211. The number of sulfonamides is 1. The number of carbonyl (C=O) groups is 1. The van der Waals surface area contributed by atoms with Crippen molar-refractivity contribution < 1.29 is 18.3 Å². The molecule has 96 valence electrons. The van der Waals surface area contributed by atoms with E-state index in [9.17, 15) is 13.2 Å². The maximum absolute atomic E-state index is 11.7. The number of hydrogen-bond donors (Lipinski definition) is 1. The number of hydrogen-bond acceptors (Lipinski definition) is 4. The third-order valence-corrected chi connectivity index (χ3v) is 5.41. The number of aliphatic carboxylic acids is 1. The van der Waals surface area contributed by atoms with Crippen molar-refractivity contribution in [3.8, 4) is 0 Å².